The standard InChI is InChI=1S/C16H22O4/c1-12(15(18)20-16(2,3)4)10-14(17)19-11-13-8-6-5-7-9-13/h5-9,12H,10-11H2,1-4H3. The SMILES string of the molecule is CC(CC(=O)OCc1ccccc1)C(=O)OC(C)(C)C. The molecule has 0 amide bonds. The van der Waals surface area contributed by atoms with Gasteiger partial charge >= 0.3 is 11.9 Å². The minimum atomic E-state index is -0.542. The van der Waals surface area contributed by atoms with Gasteiger partial charge in [-0.2, -0.15) is 0 Å². The zero-order chi connectivity index (χ0) is 15.2. The van der Waals surface area contributed by atoms with Crippen LogP contribution in [0.4, 0.5) is 0 Å². The fraction of sp³-hybridized carbons (Fsp3) is 0.500. The average Bonchev–Trinajstić information content (AvgIpc) is 2.35. The number of hydrogen-bond acceptors (Lipinski definition) is 4. The number of rotatable bonds is 5. The van der Waals surface area contributed by atoms with Gasteiger partial charge in [0.05, 0.1) is 12.3 Å². The van der Waals surface area contributed by atoms with E-state index in [1.54, 1.807) is 27.7 Å². The molecule has 1 unspecified atom stereocenters. The first-order chi connectivity index (χ1) is 9.28. The predicted molar refractivity (Wildman–Crippen MR) is 75.9 cm³/mol. The minimum absolute atomic E-state index is 0.0295. The van der Waals surface area contributed by atoms with E-state index in [-0.39, 0.29) is 19.0 Å². The number of carbonyl (C=O) groups excluding carboxylic acids is 2. The van der Waals surface area contributed by atoms with Gasteiger partial charge in [0.25, 0.3) is 0 Å². The van der Waals surface area contributed by atoms with E-state index in [0.717, 1.165) is 5.56 Å². The maximum Gasteiger partial charge on any atom is 0.309 e. The fourth-order valence-electron chi connectivity index (χ4n) is 1.53. The Morgan fingerprint density at radius 2 is 1.75 bits per heavy atom. The van der Waals surface area contributed by atoms with Gasteiger partial charge in [0.2, 0.25) is 0 Å². The van der Waals surface area contributed by atoms with Crippen LogP contribution in [0.2, 0.25) is 0 Å². The molecule has 1 rings (SSSR count). The number of hydrogen-bond donors (Lipinski definition) is 0. The highest BCUT2D eigenvalue weighted by atomic mass is 16.6. The van der Waals surface area contributed by atoms with Gasteiger partial charge in [-0.05, 0) is 26.3 Å². The number of benzene rings is 1. The van der Waals surface area contributed by atoms with Crippen LogP contribution in [0.3, 0.4) is 0 Å². The van der Waals surface area contributed by atoms with Crippen LogP contribution in [0.1, 0.15) is 39.7 Å². The van der Waals surface area contributed by atoms with Crippen LogP contribution < -0.4 is 0 Å². The third kappa shape index (κ3) is 6.36. The van der Waals surface area contributed by atoms with Crippen molar-refractivity contribution in [2.75, 3.05) is 0 Å². The molecule has 110 valence electrons. The summed E-state index contributed by atoms with van der Waals surface area (Å²) in [6.45, 7) is 7.28. The summed E-state index contributed by atoms with van der Waals surface area (Å²) in [7, 11) is 0. The smallest absolute Gasteiger partial charge is 0.309 e. The van der Waals surface area contributed by atoms with E-state index >= 15 is 0 Å². The lowest BCUT2D eigenvalue weighted by Crippen LogP contribution is -2.28. The van der Waals surface area contributed by atoms with Crippen LogP contribution in [-0.2, 0) is 25.7 Å². The van der Waals surface area contributed by atoms with Crippen molar-refractivity contribution in [3.8, 4) is 0 Å². The molecule has 0 heterocycles. The average molecular weight is 278 g/mol. The van der Waals surface area contributed by atoms with Crippen molar-refractivity contribution in [3.63, 3.8) is 0 Å². The van der Waals surface area contributed by atoms with Gasteiger partial charge < -0.3 is 9.47 Å². The van der Waals surface area contributed by atoms with E-state index in [9.17, 15) is 9.59 Å². The Morgan fingerprint density at radius 1 is 1.15 bits per heavy atom. The molecule has 0 aliphatic heterocycles. The number of ether oxygens (including phenoxy) is 2. The molecule has 0 aliphatic rings. The monoisotopic (exact) mass is 278 g/mol. The molecular formula is C16H22O4. The van der Waals surface area contributed by atoms with Crippen LogP contribution in [0.15, 0.2) is 30.3 Å². The second-order valence-electron chi connectivity index (χ2n) is 5.78. The third-order valence-electron chi connectivity index (χ3n) is 2.52. The zero-order valence-electron chi connectivity index (χ0n) is 12.5. The van der Waals surface area contributed by atoms with E-state index < -0.39 is 17.5 Å². The molecule has 20 heavy (non-hydrogen) atoms. The van der Waals surface area contributed by atoms with E-state index in [1.165, 1.54) is 0 Å². The minimum Gasteiger partial charge on any atom is -0.461 e. The molecule has 0 saturated carbocycles. The number of esters is 2. The normalized spacial score (nSPS) is 12.6. The quantitative estimate of drug-likeness (QED) is 0.777. The molecule has 0 radical (unpaired) electrons. The topological polar surface area (TPSA) is 52.6 Å². The molecule has 0 spiro atoms. The Bertz CT molecular complexity index is 445. The molecule has 0 bridgehead atoms. The van der Waals surface area contributed by atoms with E-state index in [4.69, 9.17) is 9.47 Å². The van der Waals surface area contributed by atoms with Crippen LogP contribution in [0.5, 0.6) is 0 Å². The van der Waals surface area contributed by atoms with Crippen molar-refractivity contribution < 1.29 is 19.1 Å². The molecule has 1 aromatic rings. The first-order valence-electron chi connectivity index (χ1n) is 6.70. The maximum absolute atomic E-state index is 11.7. The van der Waals surface area contributed by atoms with E-state index in [1.807, 2.05) is 30.3 Å². The summed E-state index contributed by atoms with van der Waals surface area (Å²) in [6, 6.07) is 9.42. The van der Waals surface area contributed by atoms with Crippen molar-refractivity contribution in [1.82, 2.24) is 0 Å². The molecule has 0 fully saturated rings. The first-order valence-corrected chi connectivity index (χ1v) is 6.70. The first kappa shape index (κ1) is 16.2. The second kappa shape index (κ2) is 7.08. The van der Waals surface area contributed by atoms with Gasteiger partial charge in [-0.1, -0.05) is 37.3 Å². The van der Waals surface area contributed by atoms with E-state index in [2.05, 4.69) is 0 Å². The highest BCUT2D eigenvalue weighted by molar-refractivity contribution is 5.79. The Hall–Kier alpha value is -1.84. The van der Waals surface area contributed by atoms with E-state index in [0.29, 0.717) is 0 Å². The van der Waals surface area contributed by atoms with Crippen molar-refractivity contribution in [3.05, 3.63) is 35.9 Å². The van der Waals surface area contributed by atoms with Gasteiger partial charge in [-0.25, -0.2) is 0 Å². The Balaban J connectivity index is 2.36. The fourth-order valence-corrected chi connectivity index (χ4v) is 1.53. The predicted octanol–water partition coefficient (Wildman–Crippen LogP) is 3.10. The van der Waals surface area contributed by atoms with Gasteiger partial charge in [0.15, 0.2) is 0 Å². The van der Waals surface area contributed by atoms with Crippen LogP contribution >= 0.6 is 0 Å². The van der Waals surface area contributed by atoms with Crippen molar-refractivity contribution in [2.24, 2.45) is 5.92 Å². The lowest BCUT2D eigenvalue weighted by molar-refractivity contribution is -0.163. The Kier molecular flexibility index (Phi) is 5.74. The van der Waals surface area contributed by atoms with Crippen LogP contribution in [0, 0.1) is 5.92 Å². The van der Waals surface area contributed by atoms with Gasteiger partial charge in [-0.3, -0.25) is 9.59 Å². The second-order valence-corrected chi connectivity index (χ2v) is 5.78. The van der Waals surface area contributed by atoms with Crippen LogP contribution in [-0.4, -0.2) is 17.5 Å². The lowest BCUT2D eigenvalue weighted by atomic mass is 10.1. The lowest BCUT2D eigenvalue weighted by Gasteiger charge is -2.21. The summed E-state index contributed by atoms with van der Waals surface area (Å²) in [4.78, 5) is 23.4. The summed E-state index contributed by atoms with van der Waals surface area (Å²) in [5, 5.41) is 0. The van der Waals surface area contributed by atoms with Crippen molar-refractivity contribution in [2.45, 2.75) is 46.3 Å². The molecule has 0 saturated heterocycles. The summed E-state index contributed by atoms with van der Waals surface area (Å²) in [5.41, 5.74) is 0.380. The maximum atomic E-state index is 11.7. The van der Waals surface area contributed by atoms with Crippen LogP contribution in [0.25, 0.3) is 0 Å². The van der Waals surface area contributed by atoms with Gasteiger partial charge in [-0.15, -0.1) is 0 Å². The zero-order valence-corrected chi connectivity index (χ0v) is 12.5. The Morgan fingerprint density at radius 3 is 2.30 bits per heavy atom. The van der Waals surface area contributed by atoms with Gasteiger partial charge in [0.1, 0.15) is 12.2 Å². The third-order valence-corrected chi connectivity index (χ3v) is 2.52. The van der Waals surface area contributed by atoms with Crippen molar-refractivity contribution in [1.29, 1.82) is 0 Å². The molecule has 0 aliphatic carbocycles. The summed E-state index contributed by atoms with van der Waals surface area (Å²) in [5.74, 6) is -1.28. The number of carbonyl (C=O) groups is 2. The molecule has 0 N–H and O–H groups in total. The molecule has 1 atom stereocenters. The molecule has 4 heteroatoms. The highest BCUT2D eigenvalue weighted by Gasteiger charge is 2.24. The molecular weight excluding hydrogens is 256 g/mol. The largest absolute Gasteiger partial charge is 0.461 e. The summed E-state index contributed by atoms with van der Waals surface area (Å²) < 4.78 is 10.3. The molecule has 1 aromatic carbocycles. The highest BCUT2D eigenvalue weighted by Crippen LogP contribution is 2.14. The van der Waals surface area contributed by atoms with Gasteiger partial charge in [0, 0.05) is 0 Å². The summed E-state index contributed by atoms with van der Waals surface area (Å²) >= 11 is 0. The molecule has 0 aromatic heterocycles. The van der Waals surface area contributed by atoms with Crippen molar-refractivity contribution >= 4 is 11.9 Å². The molecule has 4 nitrogen and oxygen atoms in total. The summed E-state index contributed by atoms with van der Waals surface area (Å²) in [6.07, 6.45) is 0.0295. The Labute approximate surface area is 120 Å².